The van der Waals surface area contributed by atoms with Crippen LogP contribution in [0.15, 0.2) is 40.9 Å². The van der Waals surface area contributed by atoms with Gasteiger partial charge in [0.25, 0.3) is 0 Å². The minimum Gasteiger partial charge on any atom is -0.388 e. The Labute approximate surface area is 140 Å². The van der Waals surface area contributed by atoms with Crippen LogP contribution in [-0.2, 0) is 0 Å². The summed E-state index contributed by atoms with van der Waals surface area (Å²) in [5, 5.41) is 11.0. The molecule has 21 heavy (non-hydrogen) atoms. The van der Waals surface area contributed by atoms with E-state index in [4.69, 9.17) is 28.9 Å². The molecule has 0 aliphatic rings. The highest BCUT2D eigenvalue weighted by molar-refractivity contribution is 9.10. The Balaban J connectivity index is 2.40. The van der Waals surface area contributed by atoms with E-state index in [0.717, 1.165) is 4.47 Å². The van der Waals surface area contributed by atoms with E-state index in [1.165, 1.54) is 6.07 Å². The minimum atomic E-state index is -0.978. The molecule has 2 unspecified atom stereocenters. The first-order valence-electron chi connectivity index (χ1n) is 6.22. The molecule has 3 N–H and O–H groups in total. The lowest BCUT2D eigenvalue weighted by atomic mass is 9.89. The zero-order chi connectivity index (χ0) is 15.6. The van der Waals surface area contributed by atoms with Crippen LogP contribution >= 0.6 is 39.1 Å². The first kappa shape index (κ1) is 16.7. The number of hydrogen-bond donors (Lipinski definition) is 2. The van der Waals surface area contributed by atoms with Crippen molar-refractivity contribution in [2.24, 2.45) is 5.73 Å². The lowest BCUT2D eigenvalue weighted by Gasteiger charge is -2.23. The van der Waals surface area contributed by atoms with Gasteiger partial charge in [0, 0.05) is 16.9 Å². The lowest BCUT2D eigenvalue weighted by Crippen LogP contribution is -2.21. The summed E-state index contributed by atoms with van der Waals surface area (Å²) < 4.78 is 14.8. The van der Waals surface area contributed by atoms with Crippen LogP contribution in [-0.4, -0.2) is 11.7 Å². The molecule has 0 fully saturated rings. The molecule has 2 aromatic rings. The van der Waals surface area contributed by atoms with Crippen LogP contribution in [0, 0.1) is 5.82 Å². The summed E-state index contributed by atoms with van der Waals surface area (Å²) in [5.41, 5.74) is 6.57. The zero-order valence-electron chi connectivity index (χ0n) is 10.9. The monoisotopic (exact) mass is 391 g/mol. The van der Waals surface area contributed by atoms with Gasteiger partial charge in [0.2, 0.25) is 0 Å². The van der Waals surface area contributed by atoms with Gasteiger partial charge < -0.3 is 10.8 Å². The molecule has 0 saturated carbocycles. The van der Waals surface area contributed by atoms with Crippen molar-refractivity contribution in [3.63, 3.8) is 0 Å². The predicted octanol–water partition coefficient (Wildman–Crippen LogP) is 4.67. The van der Waals surface area contributed by atoms with Crippen molar-refractivity contribution in [3.05, 3.63) is 67.9 Å². The third-order valence-electron chi connectivity index (χ3n) is 3.30. The third kappa shape index (κ3) is 3.58. The summed E-state index contributed by atoms with van der Waals surface area (Å²) in [6, 6.07) is 9.72. The Morgan fingerprint density at radius 3 is 2.52 bits per heavy atom. The van der Waals surface area contributed by atoms with Crippen molar-refractivity contribution in [3.8, 4) is 0 Å². The van der Waals surface area contributed by atoms with E-state index in [1.54, 1.807) is 30.3 Å². The first-order chi connectivity index (χ1) is 9.95. The number of benzene rings is 2. The molecule has 0 heterocycles. The van der Waals surface area contributed by atoms with Gasteiger partial charge in [-0.1, -0.05) is 41.4 Å². The maximum atomic E-state index is 14.1. The Morgan fingerprint density at radius 1 is 1.19 bits per heavy atom. The summed E-state index contributed by atoms with van der Waals surface area (Å²) in [6.07, 6.45) is -0.978. The van der Waals surface area contributed by atoms with Crippen LogP contribution < -0.4 is 5.73 Å². The summed E-state index contributed by atoms with van der Waals surface area (Å²) >= 11 is 15.1. The lowest BCUT2D eigenvalue weighted by molar-refractivity contribution is 0.145. The summed E-state index contributed by atoms with van der Waals surface area (Å²) in [4.78, 5) is 0. The molecular formula is C15H13BrCl2FNO. The normalized spacial score (nSPS) is 14.0. The fourth-order valence-electron chi connectivity index (χ4n) is 2.16. The maximum absolute atomic E-state index is 14.1. The summed E-state index contributed by atoms with van der Waals surface area (Å²) in [7, 11) is 0. The fourth-order valence-corrected chi connectivity index (χ4v) is 2.78. The number of hydrogen-bond acceptors (Lipinski definition) is 2. The molecule has 112 valence electrons. The van der Waals surface area contributed by atoms with Gasteiger partial charge in [0.1, 0.15) is 5.82 Å². The molecule has 0 spiro atoms. The molecule has 0 radical (unpaired) electrons. The molecule has 2 atom stereocenters. The molecule has 0 saturated heterocycles. The predicted molar refractivity (Wildman–Crippen MR) is 87.3 cm³/mol. The molecule has 2 rings (SSSR count). The van der Waals surface area contributed by atoms with E-state index in [2.05, 4.69) is 15.9 Å². The minimum absolute atomic E-state index is 0.00647. The van der Waals surface area contributed by atoms with Crippen molar-refractivity contribution >= 4 is 39.1 Å². The number of nitrogens with two attached hydrogens (primary N) is 1. The Kier molecular flexibility index (Phi) is 5.63. The highest BCUT2D eigenvalue weighted by Gasteiger charge is 2.25. The molecule has 0 aromatic heterocycles. The van der Waals surface area contributed by atoms with E-state index in [9.17, 15) is 9.50 Å². The summed E-state index contributed by atoms with van der Waals surface area (Å²) in [5.74, 6) is -1.17. The van der Waals surface area contributed by atoms with Crippen LogP contribution in [0.25, 0.3) is 0 Å². The van der Waals surface area contributed by atoms with Crippen molar-refractivity contribution in [1.82, 2.24) is 0 Å². The van der Waals surface area contributed by atoms with Crippen LogP contribution in [0.4, 0.5) is 4.39 Å². The first-order valence-corrected chi connectivity index (χ1v) is 7.77. The smallest absolute Gasteiger partial charge is 0.145 e. The molecule has 0 aliphatic carbocycles. The van der Waals surface area contributed by atoms with Crippen LogP contribution in [0.5, 0.6) is 0 Å². The number of aliphatic hydroxyl groups excluding tert-OH is 1. The Morgan fingerprint density at radius 2 is 1.90 bits per heavy atom. The largest absolute Gasteiger partial charge is 0.388 e. The van der Waals surface area contributed by atoms with Crippen LogP contribution in [0.1, 0.15) is 23.1 Å². The van der Waals surface area contributed by atoms with Gasteiger partial charge in [-0.2, -0.15) is 0 Å². The Hall–Kier alpha value is -0.650. The average Bonchev–Trinajstić information content (AvgIpc) is 2.47. The number of halogens is 4. The van der Waals surface area contributed by atoms with E-state index in [0.29, 0.717) is 10.6 Å². The highest BCUT2D eigenvalue weighted by atomic mass is 79.9. The molecule has 0 amide bonds. The van der Waals surface area contributed by atoms with Gasteiger partial charge in [-0.25, -0.2) is 4.39 Å². The second kappa shape index (κ2) is 7.07. The van der Waals surface area contributed by atoms with Gasteiger partial charge in [-0.15, -0.1) is 0 Å². The summed E-state index contributed by atoms with van der Waals surface area (Å²) in [6.45, 7) is 0.0755. The van der Waals surface area contributed by atoms with Crippen molar-refractivity contribution in [2.75, 3.05) is 6.54 Å². The third-order valence-corrected chi connectivity index (χ3v) is 4.83. The van der Waals surface area contributed by atoms with Gasteiger partial charge >= 0.3 is 0 Å². The second-order valence-corrected chi connectivity index (χ2v) is 6.27. The van der Waals surface area contributed by atoms with Crippen LogP contribution in [0.2, 0.25) is 10.0 Å². The maximum Gasteiger partial charge on any atom is 0.145 e. The molecule has 2 nitrogen and oxygen atoms in total. The fraction of sp³-hybridized carbons (Fsp3) is 0.200. The molecule has 6 heteroatoms. The molecule has 0 aliphatic heterocycles. The van der Waals surface area contributed by atoms with Crippen molar-refractivity contribution < 1.29 is 9.50 Å². The van der Waals surface area contributed by atoms with E-state index in [1.807, 2.05) is 0 Å². The standard InChI is InChI=1S/C15H13BrCl2FNO/c16-11-5-4-8(6-13(11)18)15(21)10(7-20)9-2-1-3-12(17)14(9)19/h1-6,10,15,21H,7,20H2. The number of rotatable bonds is 4. The zero-order valence-corrected chi connectivity index (χ0v) is 14.0. The van der Waals surface area contributed by atoms with E-state index < -0.39 is 17.8 Å². The SMILES string of the molecule is NCC(c1cccc(Cl)c1F)C(O)c1ccc(Br)c(Cl)c1. The van der Waals surface area contributed by atoms with Crippen molar-refractivity contribution in [1.29, 1.82) is 0 Å². The number of aliphatic hydroxyl groups is 1. The Bertz CT molecular complexity index is 654. The second-order valence-electron chi connectivity index (χ2n) is 4.60. The van der Waals surface area contributed by atoms with Gasteiger partial charge in [0.05, 0.1) is 16.1 Å². The topological polar surface area (TPSA) is 46.2 Å². The van der Waals surface area contributed by atoms with E-state index in [-0.39, 0.29) is 17.1 Å². The molecule has 2 aromatic carbocycles. The van der Waals surface area contributed by atoms with E-state index >= 15 is 0 Å². The van der Waals surface area contributed by atoms with Gasteiger partial charge in [-0.3, -0.25) is 0 Å². The highest BCUT2D eigenvalue weighted by Crippen LogP contribution is 2.35. The van der Waals surface area contributed by atoms with Crippen molar-refractivity contribution in [2.45, 2.75) is 12.0 Å². The molecular weight excluding hydrogens is 380 g/mol. The van der Waals surface area contributed by atoms with Gasteiger partial charge in [0.15, 0.2) is 0 Å². The average molecular weight is 393 g/mol. The quantitative estimate of drug-likeness (QED) is 0.793. The molecule has 0 bridgehead atoms. The van der Waals surface area contributed by atoms with Gasteiger partial charge in [-0.05, 0) is 45.3 Å². The van der Waals surface area contributed by atoms with Crippen LogP contribution in [0.3, 0.4) is 0 Å².